The van der Waals surface area contributed by atoms with Gasteiger partial charge in [0, 0.05) is 12.5 Å². The quantitative estimate of drug-likeness (QED) is 0.839. The molecule has 1 N–H and O–H groups in total. The summed E-state index contributed by atoms with van der Waals surface area (Å²) >= 11 is 0. The second-order valence-electron chi connectivity index (χ2n) is 4.29. The molecule has 1 aliphatic rings. The molecule has 1 fully saturated rings. The van der Waals surface area contributed by atoms with Crippen molar-refractivity contribution in [2.75, 3.05) is 0 Å². The van der Waals surface area contributed by atoms with E-state index in [1.54, 1.807) is 0 Å². The van der Waals surface area contributed by atoms with Crippen LogP contribution < -0.4 is 5.32 Å². The molecule has 0 unspecified atom stereocenters. The van der Waals surface area contributed by atoms with E-state index in [9.17, 15) is 4.79 Å². The van der Waals surface area contributed by atoms with Gasteiger partial charge in [0.1, 0.15) is 5.82 Å². The van der Waals surface area contributed by atoms with Gasteiger partial charge in [0.05, 0.1) is 17.0 Å². The molecule has 4 heteroatoms. The summed E-state index contributed by atoms with van der Waals surface area (Å²) in [6, 6.07) is 0.372. The lowest BCUT2D eigenvalue weighted by molar-refractivity contribution is 0.0949. The fourth-order valence-corrected chi connectivity index (χ4v) is 1.76. The van der Waals surface area contributed by atoms with E-state index in [1.165, 1.54) is 0 Å². The van der Waals surface area contributed by atoms with Crippen molar-refractivity contribution >= 4 is 5.91 Å². The molecule has 0 atom stereocenters. The first-order chi connectivity index (χ1) is 7.61. The summed E-state index contributed by atoms with van der Waals surface area (Å²) in [7, 11) is 0. The van der Waals surface area contributed by atoms with E-state index < -0.39 is 0 Å². The summed E-state index contributed by atoms with van der Waals surface area (Å²) in [5.41, 5.74) is 2.20. The van der Waals surface area contributed by atoms with Crippen LogP contribution in [0.3, 0.4) is 0 Å². The smallest absolute Gasteiger partial charge is 0.255 e. The highest BCUT2D eigenvalue weighted by Gasteiger charge is 2.25. The Morgan fingerprint density at radius 2 is 1.88 bits per heavy atom. The second kappa shape index (κ2) is 4.20. The standard InChI is InChI=1S/C12H17N3O/c1-4-10-13-7(2)11(8(3)14-10)12(16)15-9-5-6-9/h9H,4-6H2,1-3H3,(H,15,16). The molecule has 0 radical (unpaired) electrons. The number of nitrogens with zero attached hydrogens (tertiary/aromatic N) is 2. The second-order valence-corrected chi connectivity index (χ2v) is 4.29. The normalized spacial score (nSPS) is 14.9. The van der Waals surface area contributed by atoms with Crippen molar-refractivity contribution in [3.63, 3.8) is 0 Å². The molecule has 1 heterocycles. The number of carbonyl (C=O) groups is 1. The van der Waals surface area contributed by atoms with Crippen molar-refractivity contribution in [3.8, 4) is 0 Å². The van der Waals surface area contributed by atoms with Gasteiger partial charge in [-0.05, 0) is 26.7 Å². The number of amides is 1. The Kier molecular flexibility index (Phi) is 2.90. The van der Waals surface area contributed by atoms with Crippen molar-refractivity contribution in [1.82, 2.24) is 15.3 Å². The average Bonchev–Trinajstić information content (AvgIpc) is 3.00. The van der Waals surface area contributed by atoms with Crippen LogP contribution in [-0.2, 0) is 6.42 Å². The molecule has 0 spiro atoms. The van der Waals surface area contributed by atoms with Crippen LogP contribution in [0.5, 0.6) is 0 Å². The maximum absolute atomic E-state index is 11.9. The van der Waals surface area contributed by atoms with Crippen LogP contribution in [0.15, 0.2) is 0 Å². The molecule has 1 saturated carbocycles. The number of rotatable bonds is 3. The lowest BCUT2D eigenvalue weighted by Gasteiger charge is -2.10. The molecule has 4 nitrogen and oxygen atoms in total. The van der Waals surface area contributed by atoms with Gasteiger partial charge in [-0.1, -0.05) is 6.92 Å². The van der Waals surface area contributed by atoms with Gasteiger partial charge in [0.2, 0.25) is 0 Å². The Bertz CT molecular complexity index is 401. The summed E-state index contributed by atoms with van der Waals surface area (Å²) in [6.45, 7) is 5.75. The van der Waals surface area contributed by atoms with Crippen molar-refractivity contribution in [2.45, 2.75) is 46.1 Å². The van der Waals surface area contributed by atoms with Gasteiger partial charge in [-0.15, -0.1) is 0 Å². The van der Waals surface area contributed by atoms with E-state index in [1.807, 2.05) is 20.8 Å². The number of aromatic nitrogens is 2. The van der Waals surface area contributed by atoms with E-state index in [4.69, 9.17) is 0 Å². The Hall–Kier alpha value is -1.45. The monoisotopic (exact) mass is 219 g/mol. The number of carbonyl (C=O) groups excluding carboxylic acids is 1. The van der Waals surface area contributed by atoms with Gasteiger partial charge in [0.25, 0.3) is 5.91 Å². The zero-order chi connectivity index (χ0) is 11.7. The van der Waals surface area contributed by atoms with Gasteiger partial charge in [-0.3, -0.25) is 4.79 Å². The Morgan fingerprint density at radius 3 is 2.31 bits per heavy atom. The molecule has 1 aromatic rings. The predicted molar refractivity (Wildman–Crippen MR) is 61.4 cm³/mol. The fourth-order valence-electron chi connectivity index (χ4n) is 1.76. The van der Waals surface area contributed by atoms with Crippen LogP contribution in [0, 0.1) is 13.8 Å². The maximum Gasteiger partial charge on any atom is 0.255 e. The number of aryl methyl sites for hydroxylation is 3. The third-order valence-corrected chi connectivity index (χ3v) is 2.77. The number of hydrogen-bond acceptors (Lipinski definition) is 3. The van der Waals surface area contributed by atoms with Crippen LogP contribution in [0.4, 0.5) is 0 Å². The van der Waals surface area contributed by atoms with Gasteiger partial charge in [0.15, 0.2) is 0 Å². The number of nitrogens with one attached hydrogen (secondary N) is 1. The van der Waals surface area contributed by atoms with E-state index in [2.05, 4.69) is 15.3 Å². The van der Waals surface area contributed by atoms with Gasteiger partial charge >= 0.3 is 0 Å². The van der Waals surface area contributed by atoms with Crippen molar-refractivity contribution in [3.05, 3.63) is 22.8 Å². The number of hydrogen-bond donors (Lipinski definition) is 1. The van der Waals surface area contributed by atoms with Crippen LogP contribution in [0.25, 0.3) is 0 Å². The average molecular weight is 219 g/mol. The highest BCUT2D eigenvalue weighted by atomic mass is 16.1. The zero-order valence-corrected chi connectivity index (χ0v) is 10.0. The van der Waals surface area contributed by atoms with Gasteiger partial charge in [-0.25, -0.2) is 9.97 Å². The molecule has 0 saturated heterocycles. The molecule has 0 aliphatic heterocycles. The summed E-state index contributed by atoms with van der Waals surface area (Å²) < 4.78 is 0. The minimum Gasteiger partial charge on any atom is -0.349 e. The molecule has 86 valence electrons. The third-order valence-electron chi connectivity index (χ3n) is 2.77. The molecule has 1 amide bonds. The summed E-state index contributed by atoms with van der Waals surface area (Å²) in [5, 5.41) is 2.97. The molecule has 2 rings (SSSR count). The molecular formula is C12H17N3O. The summed E-state index contributed by atoms with van der Waals surface area (Å²) in [5.74, 6) is 0.776. The van der Waals surface area contributed by atoms with Crippen molar-refractivity contribution < 1.29 is 4.79 Å². The molecule has 0 bridgehead atoms. The van der Waals surface area contributed by atoms with Crippen LogP contribution in [0.1, 0.15) is 47.3 Å². The summed E-state index contributed by atoms with van der Waals surface area (Å²) in [6.07, 6.45) is 2.99. The molecule has 1 aromatic heterocycles. The first-order valence-corrected chi connectivity index (χ1v) is 5.76. The molecular weight excluding hydrogens is 202 g/mol. The zero-order valence-electron chi connectivity index (χ0n) is 10.0. The van der Waals surface area contributed by atoms with Gasteiger partial charge < -0.3 is 5.32 Å². The molecule has 1 aliphatic carbocycles. The Balaban J connectivity index is 2.28. The molecule has 0 aromatic carbocycles. The minimum atomic E-state index is -0.0276. The van der Waals surface area contributed by atoms with Gasteiger partial charge in [-0.2, -0.15) is 0 Å². The largest absolute Gasteiger partial charge is 0.349 e. The minimum absolute atomic E-state index is 0.0276. The van der Waals surface area contributed by atoms with Crippen LogP contribution in [-0.4, -0.2) is 21.9 Å². The van der Waals surface area contributed by atoms with Crippen LogP contribution in [0.2, 0.25) is 0 Å². The molecule has 16 heavy (non-hydrogen) atoms. The lowest BCUT2D eigenvalue weighted by Crippen LogP contribution is -2.28. The van der Waals surface area contributed by atoms with E-state index >= 15 is 0 Å². The lowest BCUT2D eigenvalue weighted by atomic mass is 10.1. The van der Waals surface area contributed by atoms with E-state index in [0.717, 1.165) is 36.5 Å². The first kappa shape index (κ1) is 11.0. The van der Waals surface area contributed by atoms with Crippen LogP contribution >= 0.6 is 0 Å². The summed E-state index contributed by atoms with van der Waals surface area (Å²) in [4.78, 5) is 20.6. The SMILES string of the molecule is CCc1nc(C)c(C(=O)NC2CC2)c(C)n1. The highest BCUT2D eigenvalue weighted by molar-refractivity contribution is 5.96. The first-order valence-electron chi connectivity index (χ1n) is 5.76. The highest BCUT2D eigenvalue weighted by Crippen LogP contribution is 2.20. The van der Waals surface area contributed by atoms with E-state index in [0.29, 0.717) is 11.6 Å². The van der Waals surface area contributed by atoms with Crippen molar-refractivity contribution in [2.24, 2.45) is 0 Å². The Labute approximate surface area is 95.5 Å². The Morgan fingerprint density at radius 1 is 1.31 bits per heavy atom. The van der Waals surface area contributed by atoms with E-state index in [-0.39, 0.29) is 5.91 Å². The topological polar surface area (TPSA) is 54.9 Å². The van der Waals surface area contributed by atoms with Crippen molar-refractivity contribution in [1.29, 1.82) is 0 Å². The predicted octanol–water partition coefficient (Wildman–Crippen LogP) is 1.55. The third kappa shape index (κ3) is 2.21. The fraction of sp³-hybridized carbons (Fsp3) is 0.583. The maximum atomic E-state index is 11.9.